The minimum absolute atomic E-state index is 0.173. The van der Waals surface area contributed by atoms with Gasteiger partial charge >= 0.3 is 5.97 Å². The summed E-state index contributed by atoms with van der Waals surface area (Å²) < 4.78 is 5.57. The molecule has 2 nitrogen and oxygen atoms in total. The summed E-state index contributed by atoms with van der Waals surface area (Å²) in [4.78, 5) is 12.0. The quantitative estimate of drug-likeness (QED) is 0.740. The molecule has 1 unspecified atom stereocenters. The Labute approximate surface area is 114 Å². The van der Waals surface area contributed by atoms with Crippen LogP contribution < -0.4 is 0 Å². The number of carbonyl (C=O) groups is 1. The van der Waals surface area contributed by atoms with Crippen LogP contribution in [-0.2, 0) is 9.53 Å². The normalized spacial score (nSPS) is 13.3. The van der Waals surface area contributed by atoms with Crippen LogP contribution in [-0.4, -0.2) is 5.97 Å². The van der Waals surface area contributed by atoms with Crippen molar-refractivity contribution in [3.8, 4) is 0 Å². The summed E-state index contributed by atoms with van der Waals surface area (Å²) in [6.07, 6.45) is -0.238. The Kier molecular flexibility index (Phi) is 3.61. The number of carbonyl (C=O) groups excluding carboxylic acids is 1. The van der Waals surface area contributed by atoms with Crippen molar-refractivity contribution in [2.45, 2.75) is 33.8 Å². The zero-order valence-electron chi connectivity index (χ0n) is 11.9. The fourth-order valence-corrected chi connectivity index (χ4v) is 2.01. The lowest BCUT2D eigenvalue weighted by Crippen LogP contribution is -2.24. The molecule has 0 spiro atoms. The van der Waals surface area contributed by atoms with Crippen molar-refractivity contribution >= 4 is 16.7 Å². The highest BCUT2D eigenvalue weighted by atomic mass is 16.5. The molecule has 0 aliphatic rings. The molecule has 19 heavy (non-hydrogen) atoms. The summed E-state index contributed by atoms with van der Waals surface area (Å²) in [5.74, 6) is -0.173. The second kappa shape index (κ2) is 5.04. The number of benzene rings is 2. The molecule has 100 valence electrons. The van der Waals surface area contributed by atoms with E-state index in [1.807, 2.05) is 52.0 Å². The summed E-state index contributed by atoms with van der Waals surface area (Å²) in [7, 11) is 0. The minimum Gasteiger partial charge on any atom is -0.457 e. The Bertz CT molecular complexity index is 588. The summed E-state index contributed by atoms with van der Waals surface area (Å²) >= 11 is 0. The van der Waals surface area contributed by atoms with Crippen LogP contribution in [0.3, 0.4) is 0 Å². The van der Waals surface area contributed by atoms with Gasteiger partial charge in [-0.05, 0) is 44.0 Å². The van der Waals surface area contributed by atoms with Gasteiger partial charge in [-0.3, -0.25) is 4.79 Å². The number of esters is 1. The zero-order chi connectivity index (χ0) is 14.0. The third-order valence-corrected chi connectivity index (χ3v) is 3.16. The Balaban J connectivity index is 2.32. The second-order valence-electron chi connectivity index (χ2n) is 5.87. The first-order chi connectivity index (χ1) is 8.89. The first-order valence-corrected chi connectivity index (χ1v) is 6.58. The molecule has 2 rings (SSSR count). The van der Waals surface area contributed by atoms with Crippen LogP contribution in [0.5, 0.6) is 0 Å². The van der Waals surface area contributed by atoms with Crippen molar-refractivity contribution in [2.24, 2.45) is 5.41 Å². The molecule has 2 aromatic rings. The molecule has 2 heteroatoms. The van der Waals surface area contributed by atoms with Crippen molar-refractivity contribution in [1.29, 1.82) is 0 Å². The maximum absolute atomic E-state index is 12.0. The molecule has 0 aliphatic heterocycles. The van der Waals surface area contributed by atoms with Crippen LogP contribution in [0.15, 0.2) is 42.5 Å². The van der Waals surface area contributed by atoms with E-state index in [0.717, 1.165) is 10.9 Å². The van der Waals surface area contributed by atoms with Gasteiger partial charge < -0.3 is 4.74 Å². The van der Waals surface area contributed by atoms with Gasteiger partial charge in [0.2, 0.25) is 0 Å². The molecular formula is C17H20O2. The topological polar surface area (TPSA) is 26.3 Å². The van der Waals surface area contributed by atoms with Gasteiger partial charge in [-0.1, -0.05) is 42.5 Å². The number of ether oxygens (including phenoxy) is 1. The highest BCUT2D eigenvalue weighted by Crippen LogP contribution is 2.28. The van der Waals surface area contributed by atoms with Gasteiger partial charge in [0.05, 0.1) is 5.41 Å². The summed E-state index contributed by atoms with van der Waals surface area (Å²) in [6.45, 7) is 7.52. The molecular weight excluding hydrogens is 236 g/mol. The Hall–Kier alpha value is -1.83. The average Bonchev–Trinajstić information content (AvgIpc) is 2.36. The molecule has 0 radical (unpaired) electrons. The summed E-state index contributed by atoms with van der Waals surface area (Å²) in [5, 5.41) is 2.30. The van der Waals surface area contributed by atoms with E-state index in [2.05, 4.69) is 18.2 Å². The highest BCUT2D eigenvalue weighted by molar-refractivity contribution is 5.86. The first-order valence-electron chi connectivity index (χ1n) is 6.58. The lowest BCUT2D eigenvalue weighted by Gasteiger charge is -2.22. The first kappa shape index (κ1) is 13.6. The molecule has 0 saturated heterocycles. The van der Waals surface area contributed by atoms with Crippen LogP contribution in [0, 0.1) is 5.41 Å². The maximum atomic E-state index is 12.0. The largest absolute Gasteiger partial charge is 0.457 e. The predicted molar refractivity (Wildman–Crippen MR) is 77.9 cm³/mol. The lowest BCUT2D eigenvalue weighted by atomic mass is 9.96. The molecule has 0 aromatic heterocycles. The number of rotatable bonds is 2. The molecule has 0 heterocycles. The third kappa shape index (κ3) is 2.95. The van der Waals surface area contributed by atoms with Crippen molar-refractivity contribution in [3.05, 3.63) is 48.0 Å². The molecule has 0 N–H and O–H groups in total. The number of hydrogen-bond acceptors (Lipinski definition) is 2. The summed E-state index contributed by atoms with van der Waals surface area (Å²) in [5.41, 5.74) is 0.578. The Morgan fingerprint density at radius 3 is 2.37 bits per heavy atom. The van der Waals surface area contributed by atoms with Crippen LogP contribution in [0.2, 0.25) is 0 Å². The van der Waals surface area contributed by atoms with Crippen molar-refractivity contribution < 1.29 is 9.53 Å². The SMILES string of the molecule is CC(OC(=O)C(C)(C)C)c1cccc2ccccc12. The fourth-order valence-electron chi connectivity index (χ4n) is 2.01. The van der Waals surface area contributed by atoms with E-state index in [-0.39, 0.29) is 12.1 Å². The smallest absolute Gasteiger partial charge is 0.311 e. The van der Waals surface area contributed by atoms with Gasteiger partial charge in [-0.2, -0.15) is 0 Å². The van der Waals surface area contributed by atoms with Gasteiger partial charge in [-0.25, -0.2) is 0 Å². The maximum Gasteiger partial charge on any atom is 0.311 e. The molecule has 2 aromatic carbocycles. The van der Waals surface area contributed by atoms with E-state index in [1.54, 1.807) is 0 Å². The summed E-state index contributed by atoms with van der Waals surface area (Å²) in [6, 6.07) is 14.2. The van der Waals surface area contributed by atoms with Gasteiger partial charge in [0, 0.05) is 0 Å². The molecule has 0 aliphatic carbocycles. The monoisotopic (exact) mass is 256 g/mol. The standard InChI is InChI=1S/C17H20O2/c1-12(19-16(18)17(2,3)4)14-11-7-9-13-8-5-6-10-15(13)14/h5-12H,1-4H3. The van der Waals surface area contributed by atoms with E-state index in [0.29, 0.717) is 0 Å². The third-order valence-electron chi connectivity index (χ3n) is 3.16. The van der Waals surface area contributed by atoms with Crippen molar-refractivity contribution in [3.63, 3.8) is 0 Å². The molecule has 0 amide bonds. The van der Waals surface area contributed by atoms with Gasteiger partial charge in [0.1, 0.15) is 6.10 Å². The zero-order valence-corrected chi connectivity index (χ0v) is 11.9. The van der Waals surface area contributed by atoms with E-state index in [4.69, 9.17) is 4.74 Å². The van der Waals surface area contributed by atoms with Gasteiger partial charge in [0.15, 0.2) is 0 Å². The molecule has 0 bridgehead atoms. The molecule has 0 saturated carbocycles. The van der Waals surface area contributed by atoms with E-state index in [1.165, 1.54) is 5.39 Å². The molecule has 0 fully saturated rings. The van der Waals surface area contributed by atoms with Crippen LogP contribution in [0.4, 0.5) is 0 Å². The van der Waals surface area contributed by atoms with E-state index >= 15 is 0 Å². The van der Waals surface area contributed by atoms with Crippen LogP contribution in [0.1, 0.15) is 39.4 Å². The van der Waals surface area contributed by atoms with E-state index < -0.39 is 5.41 Å². The Morgan fingerprint density at radius 2 is 1.68 bits per heavy atom. The van der Waals surface area contributed by atoms with Crippen molar-refractivity contribution in [2.75, 3.05) is 0 Å². The fraction of sp³-hybridized carbons (Fsp3) is 0.353. The lowest BCUT2D eigenvalue weighted by molar-refractivity contribution is -0.158. The van der Waals surface area contributed by atoms with Crippen LogP contribution in [0.25, 0.3) is 10.8 Å². The average molecular weight is 256 g/mol. The highest BCUT2D eigenvalue weighted by Gasteiger charge is 2.25. The molecule has 1 atom stereocenters. The number of fused-ring (bicyclic) bond motifs is 1. The van der Waals surface area contributed by atoms with E-state index in [9.17, 15) is 4.79 Å². The predicted octanol–water partition coefficient (Wildman–Crippen LogP) is 4.49. The minimum atomic E-state index is -0.473. The van der Waals surface area contributed by atoms with Gasteiger partial charge in [-0.15, -0.1) is 0 Å². The van der Waals surface area contributed by atoms with Crippen molar-refractivity contribution in [1.82, 2.24) is 0 Å². The van der Waals surface area contributed by atoms with Gasteiger partial charge in [0.25, 0.3) is 0 Å². The Morgan fingerprint density at radius 1 is 1.05 bits per heavy atom. The second-order valence-corrected chi connectivity index (χ2v) is 5.87. The number of hydrogen-bond donors (Lipinski definition) is 0. The van der Waals surface area contributed by atoms with Crippen LogP contribution >= 0.6 is 0 Å².